The summed E-state index contributed by atoms with van der Waals surface area (Å²) in [6.07, 6.45) is 65.5. The average Bonchev–Trinajstić information content (AvgIpc) is 0.904. The molecule has 0 aromatic carbocycles. The highest BCUT2D eigenvalue weighted by Crippen LogP contribution is 2.45. The van der Waals surface area contributed by atoms with Crippen LogP contribution in [0, 0.1) is 23.7 Å². The van der Waals surface area contributed by atoms with Gasteiger partial charge in [-0.15, -0.1) is 0 Å². The van der Waals surface area contributed by atoms with Gasteiger partial charge in [-0.2, -0.15) is 0 Å². The maximum absolute atomic E-state index is 13.1. The highest BCUT2D eigenvalue weighted by atomic mass is 31.2. The number of rotatable bonds is 84. The van der Waals surface area contributed by atoms with Gasteiger partial charge in [0, 0.05) is 25.7 Å². The van der Waals surface area contributed by atoms with Crippen molar-refractivity contribution in [2.24, 2.45) is 23.7 Å². The third kappa shape index (κ3) is 80.1. The molecular weight excluding hydrogens is 1380 g/mol. The molecule has 0 aromatic heterocycles. The molecule has 0 aromatic rings. The maximum atomic E-state index is 13.1. The van der Waals surface area contributed by atoms with E-state index in [1.165, 1.54) is 250 Å². The van der Waals surface area contributed by atoms with Gasteiger partial charge in [0.15, 0.2) is 12.2 Å². The van der Waals surface area contributed by atoms with E-state index in [1.54, 1.807) is 0 Å². The zero-order chi connectivity index (χ0) is 78.1. The first-order valence-electron chi connectivity index (χ1n) is 44.7. The molecule has 0 saturated carbocycles. The molecule has 0 aliphatic rings. The molecule has 0 rings (SSSR count). The quantitative estimate of drug-likeness (QED) is 0.0222. The molecule has 0 spiro atoms. The number of esters is 4. The minimum Gasteiger partial charge on any atom is -0.462 e. The van der Waals surface area contributed by atoms with E-state index in [0.717, 1.165) is 114 Å². The Morgan fingerprint density at radius 3 is 0.585 bits per heavy atom. The third-order valence-electron chi connectivity index (χ3n) is 20.3. The summed E-state index contributed by atoms with van der Waals surface area (Å²) in [4.78, 5) is 73.2. The van der Waals surface area contributed by atoms with Gasteiger partial charge in [0.2, 0.25) is 0 Å². The molecule has 17 nitrogen and oxygen atoms in total. The first-order chi connectivity index (χ1) is 51.1. The van der Waals surface area contributed by atoms with Gasteiger partial charge in [-0.1, -0.05) is 402 Å². The summed E-state index contributed by atoms with van der Waals surface area (Å²) in [7, 11) is -9.93. The first kappa shape index (κ1) is 104. The number of aliphatic hydroxyl groups is 1. The Morgan fingerprint density at radius 2 is 0.396 bits per heavy atom. The Morgan fingerprint density at radius 1 is 0.236 bits per heavy atom. The molecule has 3 N–H and O–H groups in total. The van der Waals surface area contributed by atoms with E-state index in [9.17, 15) is 43.2 Å². The van der Waals surface area contributed by atoms with Crippen LogP contribution in [0.15, 0.2) is 0 Å². The Bertz CT molecular complexity index is 2060. The fourth-order valence-electron chi connectivity index (χ4n) is 13.5. The predicted octanol–water partition coefficient (Wildman–Crippen LogP) is 26.3. The summed E-state index contributed by atoms with van der Waals surface area (Å²) in [6.45, 7) is 14.3. The smallest absolute Gasteiger partial charge is 0.462 e. The number of unbranched alkanes of at least 4 members (excludes halogenated alkanes) is 50. The summed E-state index contributed by atoms with van der Waals surface area (Å²) in [5.41, 5.74) is 0. The van der Waals surface area contributed by atoms with Crippen molar-refractivity contribution in [3.8, 4) is 0 Å². The minimum atomic E-state index is -4.97. The van der Waals surface area contributed by atoms with Gasteiger partial charge in [-0.25, -0.2) is 9.13 Å². The van der Waals surface area contributed by atoms with Crippen molar-refractivity contribution >= 4 is 39.5 Å². The third-order valence-corrected chi connectivity index (χ3v) is 22.2. The van der Waals surface area contributed by atoms with E-state index in [2.05, 4.69) is 55.4 Å². The molecule has 19 heteroatoms. The van der Waals surface area contributed by atoms with Crippen LogP contribution in [-0.4, -0.2) is 96.7 Å². The van der Waals surface area contributed by atoms with Crippen LogP contribution in [0.5, 0.6) is 0 Å². The second-order valence-electron chi connectivity index (χ2n) is 33.2. The molecule has 0 fully saturated rings. The molecule has 0 radical (unpaired) electrons. The van der Waals surface area contributed by atoms with E-state index >= 15 is 0 Å². The molecule has 0 bridgehead atoms. The fourth-order valence-corrected chi connectivity index (χ4v) is 15.1. The van der Waals surface area contributed by atoms with E-state index in [4.69, 9.17) is 37.0 Å². The van der Waals surface area contributed by atoms with Crippen LogP contribution >= 0.6 is 15.6 Å². The molecule has 0 heterocycles. The van der Waals surface area contributed by atoms with Crippen molar-refractivity contribution in [2.45, 2.75) is 472 Å². The Hall–Kier alpha value is -1.94. The zero-order valence-corrected chi connectivity index (χ0v) is 71.9. The normalized spacial score (nSPS) is 13.9. The molecule has 0 amide bonds. The molecule has 0 aliphatic carbocycles. The predicted molar refractivity (Wildman–Crippen MR) is 437 cm³/mol. The standard InChI is InChI=1S/C87H170O17P2/c1-77(2)63-55-47-39-33-27-21-15-11-9-10-12-17-25-31-37-43-53-61-69-86(91)103-82(73-97-84(89)67-59-51-42-36-30-24-20-19-23-29-35-41-49-57-65-79(5)6)75-101-105(93,94)99-71-81(88)72-100-106(95,96)102-76-83(74-98-85(90)68-60-52-46-45-50-58-66-80(7)8)104-87(92)70-62-54-44-38-32-26-18-14-13-16-22-28-34-40-48-56-64-78(3)4/h77-83,88H,9-76H2,1-8H3,(H,93,94)(H,95,96)/t81?,82-,83-/m1/s1. The maximum Gasteiger partial charge on any atom is 0.472 e. The number of hydrogen-bond donors (Lipinski definition) is 3. The van der Waals surface area contributed by atoms with Gasteiger partial charge >= 0.3 is 39.5 Å². The van der Waals surface area contributed by atoms with Crippen LogP contribution in [0.3, 0.4) is 0 Å². The van der Waals surface area contributed by atoms with Crippen molar-refractivity contribution in [1.29, 1.82) is 0 Å². The van der Waals surface area contributed by atoms with Gasteiger partial charge in [0.25, 0.3) is 0 Å². The number of phosphoric ester groups is 2. The summed E-state index contributed by atoms with van der Waals surface area (Å²) >= 11 is 0. The van der Waals surface area contributed by atoms with Gasteiger partial charge in [-0.3, -0.25) is 37.3 Å². The lowest BCUT2D eigenvalue weighted by atomic mass is 10.0. The largest absolute Gasteiger partial charge is 0.472 e. The van der Waals surface area contributed by atoms with Crippen LogP contribution in [0.4, 0.5) is 0 Å². The first-order valence-corrected chi connectivity index (χ1v) is 47.7. The zero-order valence-electron chi connectivity index (χ0n) is 70.1. The van der Waals surface area contributed by atoms with Crippen LogP contribution in [-0.2, 0) is 65.4 Å². The summed E-state index contributed by atoms with van der Waals surface area (Å²) in [5.74, 6) is 1.000. The van der Waals surface area contributed by atoms with E-state index < -0.39 is 97.5 Å². The topological polar surface area (TPSA) is 237 Å². The van der Waals surface area contributed by atoms with Gasteiger partial charge in [0.05, 0.1) is 26.4 Å². The van der Waals surface area contributed by atoms with Gasteiger partial charge in [0.1, 0.15) is 19.3 Å². The highest BCUT2D eigenvalue weighted by molar-refractivity contribution is 7.47. The Labute approximate surface area is 651 Å². The molecule has 630 valence electrons. The lowest BCUT2D eigenvalue weighted by Gasteiger charge is -2.21. The molecule has 5 atom stereocenters. The average molecular weight is 1550 g/mol. The van der Waals surface area contributed by atoms with Gasteiger partial charge < -0.3 is 33.8 Å². The van der Waals surface area contributed by atoms with Gasteiger partial charge in [-0.05, 0) is 49.4 Å². The lowest BCUT2D eigenvalue weighted by Crippen LogP contribution is -2.30. The van der Waals surface area contributed by atoms with Crippen LogP contribution in [0.1, 0.15) is 453 Å². The highest BCUT2D eigenvalue weighted by Gasteiger charge is 2.31. The Balaban J connectivity index is 5.20. The van der Waals surface area contributed by atoms with E-state index in [-0.39, 0.29) is 25.7 Å². The SMILES string of the molecule is CC(C)CCCCCCCCCCCCCCCCCCCCC(=O)O[C@H](COC(=O)CCCCCCCCCCCCCCCCC(C)C)COP(=O)(O)OCC(O)COP(=O)(O)OC[C@@H](COC(=O)CCCCCCCCC(C)C)OC(=O)CCCCCCCCCCCCCCCCCCC(C)C. The molecular formula is C87H170O17P2. The number of phosphoric acid groups is 2. The van der Waals surface area contributed by atoms with Crippen LogP contribution in [0.2, 0.25) is 0 Å². The van der Waals surface area contributed by atoms with Crippen LogP contribution in [0.25, 0.3) is 0 Å². The number of carbonyl (C=O) groups is 4. The fraction of sp³-hybridized carbons (Fsp3) is 0.954. The second kappa shape index (κ2) is 75.7. The molecule has 0 aliphatic heterocycles. The van der Waals surface area contributed by atoms with Crippen molar-refractivity contribution in [1.82, 2.24) is 0 Å². The number of hydrogen-bond acceptors (Lipinski definition) is 15. The summed E-state index contributed by atoms with van der Waals surface area (Å²) in [6, 6.07) is 0. The minimum absolute atomic E-state index is 0.107. The van der Waals surface area contributed by atoms with Crippen molar-refractivity contribution in [3.63, 3.8) is 0 Å². The Kier molecular flexibility index (Phi) is 74.3. The second-order valence-corrected chi connectivity index (χ2v) is 36.1. The summed E-state index contributed by atoms with van der Waals surface area (Å²) < 4.78 is 68.9. The number of aliphatic hydroxyl groups excluding tert-OH is 1. The van der Waals surface area contributed by atoms with Crippen molar-refractivity contribution < 1.29 is 80.2 Å². The number of carbonyl (C=O) groups excluding carboxylic acids is 4. The monoisotopic (exact) mass is 1550 g/mol. The lowest BCUT2D eigenvalue weighted by molar-refractivity contribution is -0.161. The summed E-state index contributed by atoms with van der Waals surface area (Å²) in [5, 5.41) is 10.7. The van der Waals surface area contributed by atoms with E-state index in [0.29, 0.717) is 31.6 Å². The molecule has 3 unspecified atom stereocenters. The van der Waals surface area contributed by atoms with Crippen molar-refractivity contribution in [3.05, 3.63) is 0 Å². The molecule has 106 heavy (non-hydrogen) atoms. The molecule has 0 saturated heterocycles. The van der Waals surface area contributed by atoms with Crippen molar-refractivity contribution in [2.75, 3.05) is 39.6 Å². The van der Waals surface area contributed by atoms with Crippen LogP contribution < -0.4 is 0 Å². The number of ether oxygens (including phenoxy) is 4. The van der Waals surface area contributed by atoms with E-state index in [1.807, 2.05) is 0 Å².